The second kappa shape index (κ2) is 6.90. The first-order chi connectivity index (χ1) is 12.5. The molecule has 3 heterocycles. The molecule has 4 rings (SSSR count). The molecule has 1 unspecified atom stereocenters. The number of benzene rings is 1. The summed E-state index contributed by atoms with van der Waals surface area (Å²) in [7, 11) is -3.19. The highest BCUT2D eigenvalue weighted by molar-refractivity contribution is 7.88. The van der Waals surface area contributed by atoms with Gasteiger partial charge in [0.2, 0.25) is 15.0 Å². The molecule has 0 N–H and O–H groups in total. The first-order valence-electron chi connectivity index (χ1n) is 8.41. The van der Waals surface area contributed by atoms with Gasteiger partial charge in [-0.2, -0.15) is 9.61 Å². The van der Waals surface area contributed by atoms with Gasteiger partial charge in [-0.15, -0.1) is 10.2 Å². The van der Waals surface area contributed by atoms with Crippen LogP contribution in [0.5, 0.6) is 0 Å². The molecule has 1 aliphatic heterocycles. The van der Waals surface area contributed by atoms with Crippen molar-refractivity contribution in [3.63, 3.8) is 0 Å². The number of fused-ring (bicyclic) bond motifs is 1. The van der Waals surface area contributed by atoms with Crippen LogP contribution in [0, 0.1) is 0 Å². The summed E-state index contributed by atoms with van der Waals surface area (Å²) in [5, 5.41) is 13.9. The molecular formula is C17H19N5O2S2. The van der Waals surface area contributed by atoms with E-state index in [0.29, 0.717) is 13.1 Å². The molecule has 3 aromatic rings. The summed E-state index contributed by atoms with van der Waals surface area (Å²) in [6, 6.07) is 10.0. The van der Waals surface area contributed by atoms with E-state index in [1.165, 1.54) is 21.9 Å². The number of rotatable bonds is 4. The van der Waals surface area contributed by atoms with Crippen molar-refractivity contribution in [1.29, 1.82) is 0 Å². The van der Waals surface area contributed by atoms with Gasteiger partial charge in [-0.1, -0.05) is 47.7 Å². The first kappa shape index (κ1) is 17.3. The SMILES string of the molecule is CS(=O)(=O)N1CCCC(c2nnc3sc(/C=C/c4ccccc4)nn23)C1. The van der Waals surface area contributed by atoms with Gasteiger partial charge in [-0.25, -0.2) is 12.7 Å². The van der Waals surface area contributed by atoms with Crippen LogP contribution in [-0.2, 0) is 10.0 Å². The lowest BCUT2D eigenvalue weighted by Crippen LogP contribution is -2.38. The van der Waals surface area contributed by atoms with Crippen molar-refractivity contribution in [2.24, 2.45) is 0 Å². The minimum atomic E-state index is -3.19. The summed E-state index contributed by atoms with van der Waals surface area (Å²) in [5.74, 6) is 0.755. The molecule has 1 saturated heterocycles. The molecule has 26 heavy (non-hydrogen) atoms. The van der Waals surface area contributed by atoms with E-state index in [1.54, 1.807) is 4.52 Å². The number of hydrogen-bond acceptors (Lipinski definition) is 6. The maximum Gasteiger partial charge on any atom is 0.234 e. The average molecular weight is 390 g/mol. The Morgan fingerprint density at radius 2 is 2.00 bits per heavy atom. The molecule has 0 amide bonds. The molecule has 1 fully saturated rings. The molecule has 0 saturated carbocycles. The third kappa shape index (κ3) is 3.55. The first-order valence-corrected chi connectivity index (χ1v) is 11.1. The van der Waals surface area contributed by atoms with Crippen LogP contribution in [-0.4, -0.2) is 51.9 Å². The Balaban J connectivity index is 1.59. The van der Waals surface area contributed by atoms with Crippen LogP contribution in [0.3, 0.4) is 0 Å². The van der Waals surface area contributed by atoms with E-state index in [-0.39, 0.29) is 5.92 Å². The second-order valence-corrected chi connectivity index (χ2v) is 9.37. The topological polar surface area (TPSA) is 80.5 Å². The van der Waals surface area contributed by atoms with Gasteiger partial charge in [0, 0.05) is 19.0 Å². The predicted octanol–water partition coefficient (Wildman–Crippen LogP) is 2.50. The van der Waals surface area contributed by atoms with Crippen molar-refractivity contribution in [2.75, 3.05) is 19.3 Å². The van der Waals surface area contributed by atoms with Crippen molar-refractivity contribution in [3.8, 4) is 0 Å². The van der Waals surface area contributed by atoms with Crippen LogP contribution in [0.2, 0.25) is 0 Å². The Morgan fingerprint density at radius 3 is 2.77 bits per heavy atom. The number of hydrogen-bond donors (Lipinski definition) is 0. The van der Waals surface area contributed by atoms with E-state index in [1.807, 2.05) is 42.5 Å². The molecule has 9 heteroatoms. The van der Waals surface area contributed by atoms with Gasteiger partial charge in [-0.05, 0) is 24.5 Å². The van der Waals surface area contributed by atoms with Crippen LogP contribution < -0.4 is 0 Å². The minimum Gasteiger partial charge on any atom is -0.213 e. The third-order valence-corrected chi connectivity index (χ3v) is 6.60. The lowest BCUT2D eigenvalue weighted by atomic mass is 9.99. The Morgan fingerprint density at radius 1 is 1.19 bits per heavy atom. The van der Waals surface area contributed by atoms with Gasteiger partial charge in [0.1, 0.15) is 5.01 Å². The van der Waals surface area contributed by atoms with Crippen LogP contribution >= 0.6 is 11.3 Å². The highest BCUT2D eigenvalue weighted by atomic mass is 32.2. The summed E-state index contributed by atoms with van der Waals surface area (Å²) >= 11 is 1.47. The smallest absolute Gasteiger partial charge is 0.213 e. The summed E-state index contributed by atoms with van der Waals surface area (Å²) in [5.41, 5.74) is 1.11. The van der Waals surface area contributed by atoms with E-state index in [9.17, 15) is 8.42 Å². The van der Waals surface area contributed by atoms with Crippen LogP contribution in [0.25, 0.3) is 17.1 Å². The van der Waals surface area contributed by atoms with E-state index >= 15 is 0 Å². The van der Waals surface area contributed by atoms with Crippen molar-refractivity contribution in [2.45, 2.75) is 18.8 Å². The second-order valence-electron chi connectivity index (χ2n) is 6.40. The number of sulfonamides is 1. The summed E-state index contributed by atoms with van der Waals surface area (Å²) in [4.78, 5) is 0.726. The van der Waals surface area contributed by atoms with Gasteiger partial charge in [0.25, 0.3) is 0 Å². The Hall–Kier alpha value is -2.10. The maximum absolute atomic E-state index is 11.8. The zero-order valence-electron chi connectivity index (χ0n) is 14.3. The zero-order chi connectivity index (χ0) is 18.1. The quantitative estimate of drug-likeness (QED) is 0.685. The molecule has 0 spiro atoms. The van der Waals surface area contributed by atoms with Gasteiger partial charge >= 0.3 is 0 Å². The summed E-state index contributed by atoms with van der Waals surface area (Å²) < 4.78 is 27.0. The predicted molar refractivity (Wildman–Crippen MR) is 102 cm³/mol. The lowest BCUT2D eigenvalue weighted by molar-refractivity contribution is 0.309. The van der Waals surface area contributed by atoms with Gasteiger partial charge in [-0.3, -0.25) is 0 Å². The largest absolute Gasteiger partial charge is 0.234 e. The van der Waals surface area contributed by atoms with Crippen molar-refractivity contribution < 1.29 is 8.42 Å². The fourth-order valence-corrected chi connectivity index (χ4v) is 4.81. The molecule has 0 bridgehead atoms. The summed E-state index contributed by atoms with van der Waals surface area (Å²) in [6.45, 7) is 1.01. The Labute approximate surface area is 156 Å². The molecule has 2 aromatic heterocycles. The molecule has 136 valence electrons. The Kier molecular flexibility index (Phi) is 4.60. The van der Waals surface area contributed by atoms with Crippen molar-refractivity contribution in [1.82, 2.24) is 24.1 Å². The number of piperidine rings is 1. The fourth-order valence-electron chi connectivity index (χ4n) is 3.15. The van der Waals surface area contributed by atoms with Crippen LogP contribution in [0.4, 0.5) is 0 Å². The third-order valence-electron chi connectivity index (χ3n) is 4.47. The summed E-state index contributed by atoms with van der Waals surface area (Å²) in [6.07, 6.45) is 6.93. The van der Waals surface area contributed by atoms with Gasteiger partial charge in [0.05, 0.1) is 6.26 Å². The Bertz CT molecular complexity index is 1040. The molecule has 0 aliphatic carbocycles. The molecule has 1 atom stereocenters. The highest BCUT2D eigenvalue weighted by Gasteiger charge is 2.30. The minimum absolute atomic E-state index is 0.0153. The van der Waals surface area contributed by atoms with Gasteiger partial charge < -0.3 is 0 Å². The van der Waals surface area contributed by atoms with Gasteiger partial charge in [0.15, 0.2) is 5.82 Å². The van der Waals surface area contributed by atoms with E-state index in [4.69, 9.17) is 0 Å². The van der Waals surface area contributed by atoms with Crippen LogP contribution in [0.15, 0.2) is 30.3 Å². The normalized spacial score (nSPS) is 19.5. The number of nitrogens with zero attached hydrogens (tertiary/aromatic N) is 5. The monoisotopic (exact) mass is 389 g/mol. The average Bonchev–Trinajstić information content (AvgIpc) is 3.20. The van der Waals surface area contributed by atoms with Crippen molar-refractivity contribution in [3.05, 3.63) is 46.7 Å². The standard InChI is InChI=1S/C17H19N5O2S2/c1-26(23,24)21-11-5-8-14(12-21)16-18-19-17-22(16)20-15(25-17)10-9-13-6-3-2-4-7-13/h2-4,6-7,9-10,14H,5,8,11-12H2,1H3/b10-9+. The molecule has 0 radical (unpaired) electrons. The molecular weight excluding hydrogens is 370 g/mol. The molecule has 1 aliphatic rings. The van der Waals surface area contributed by atoms with E-state index in [0.717, 1.165) is 34.2 Å². The fraction of sp³-hybridized carbons (Fsp3) is 0.353. The van der Waals surface area contributed by atoms with Crippen LogP contribution in [0.1, 0.15) is 35.2 Å². The zero-order valence-corrected chi connectivity index (χ0v) is 15.9. The number of aromatic nitrogens is 4. The van der Waals surface area contributed by atoms with E-state index < -0.39 is 10.0 Å². The molecule has 7 nitrogen and oxygen atoms in total. The maximum atomic E-state index is 11.8. The lowest BCUT2D eigenvalue weighted by Gasteiger charge is -2.29. The highest BCUT2D eigenvalue weighted by Crippen LogP contribution is 2.28. The van der Waals surface area contributed by atoms with E-state index in [2.05, 4.69) is 15.3 Å². The van der Waals surface area contributed by atoms with Crippen molar-refractivity contribution >= 4 is 38.5 Å². The molecule has 1 aromatic carbocycles.